The van der Waals surface area contributed by atoms with Gasteiger partial charge in [0.15, 0.2) is 0 Å². The molecule has 1 aliphatic heterocycles. The summed E-state index contributed by atoms with van der Waals surface area (Å²) in [6.45, 7) is 0. The number of rotatable bonds is 4. The molecule has 6 nitrogen and oxygen atoms in total. The van der Waals surface area contributed by atoms with E-state index in [2.05, 4.69) is 5.32 Å². The Kier molecular flexibility index (Phi) is 4.95. The Morgan fingerprint density at radius 3 is 2.27 bits per heavy atom. The van der Waals surface area contributed by atoms with Gasteiger partial charge in [0.1, 0.15) is 6.04 Å². The van der Waals surface area contributed by atoms with Crippen LogP contribution in [0.2, 0.25) is 5.02 Å². The van der Waals surface area contributed by atoms with Crippen LogP contribution in [0.3, 0.4) is 0 Å². The Labute approximate surface area is 156 Å². The Morgan fingerprint density at radius 2 is 1.69 bits per heavy atom. The van der Waals surface area contributed by atoms with Gasteiger partial charge in [-0.3, -0.25) is 14.4 Å². The van der Waals surface area contributed by atoms with Crippen LogP contribution in [0, 0.1) is 0 Å². The fourth-order valence-electron chi connectivity index (χ4n) is 2.77. The van der Waals surface area contributed by atoms with E-state index in [0.717, 1.165) is 4.90 Å². The van der Waals surface area contributed by atoms with Crippen LogP contribution in [0.1, 0.15) is 16.8 Å². The molecule has 1 saturated heterocycles. The molecule has 1 aliphatic rings. The second kappa shape index (κ2) is 7.17. The predicted molar refractivity (Wildman–Crippen MR) is 100 cm³/mol. The summed E-state index contributed by atoms with van der Waals surface area (Å²) < 4.78 is 0. The molecule has 7 heteroatoms. The monoisotopic (exact) mass is 371 g/mol. The highest BCUT2D eigenvalue weighted by molar-refractivity contribution is 6.30. The molecule has 134 valence electrons. The van der Waals surface area contributed by atoms with Crippen molar-refractivity contribution in [3.05, 3.63) is 59.1 Å². The molecular formula is C19H18ClN3O3. The number of carbonyl (C=O) groups is 3. The summed E-state index contributed by atoms with van der Waals surface area (Å²) in [6, 6.07) is 12.7. The molecule has 1 atom stereocenters. The average Bonchev–Trinajstić information content (AvgIpc) is 2.89. The maximum atomic E-state index is 12.6. The summed E-state index contributed by atoms with van der Waals surface area (Å²) in [5.41, 5.74) is 1.72. The van der Waals surface area contributed by atoms with Crippen LogP contribution in [-0.2, 0) is 9.59 Å². The number of hydrogen-bond donors (Lipinski definition) is 1. The van der Waals surface area contributed by atoms with Gasteiger partial charge < -0.3 is 10.2 Å². The van der Waals surface area contributed by atoms with Crippen LogP contribution in [0.5, 0.6) is 0 Å². The van der Waals surface area contributed by atoms with Gasteiger partial charge in [-0.05, 0) is 48.5 Å². The summed E-state index contributed by atoms with van der Waals surface area (Å²) in [6.07, 6.45) is 0.0693. The van der Waals surface area contributed by atoms with Crippen LogP contribution in [0.15, 0.2) is 48.5 Å². The predicted octanol–water partition coefficient (Wildman–Crippen LogP) is 2.79. The smallest absolute Gasteiger partial charge is 0.256 e. The number of amides is 3. The largest absolute Gasteiger partial charge is 0.373 e. The van der Waals surface area contributed by atoms with Crippen LogP contribution in [0.25, 0.3) is 0 Å². The summed E-state index contributed by atoms with van der Waals surface area (Å²) >= 11 is 5.85. The maximum Gasteiger partial charge on any atom is 0.256 e. The number of carbonyl (C=O) groups excluding carboxylic acids is 3. The number of nitrogens with one attached hydrogen (secondary N) is 1. The quantitative estimate of drug-likeness (QED) is 0.839. The highest BCUT2D eigenvalue weighted by Crippen LogP contribution is 2.26. The van der Waals surface area contributed by atoms with Crippen molar-refractivity contribution in [2.24, 2.45) is 0 Å². The SMILES string of the molecule is CN(C)C(=O)c1ccc(N[C@@H]2CC(=O)N(c3ccc(Cl)cc3)C2=O)cc1. The van der Waals surface area contributed by atoms with Crippen molar-refractivity contribution in [2.45, 2.75) is 12.5 Å². The van der Waals surface area contributed by atoms with E-state index in [1.165, 1.54) is 4.90 Å². The molecular weight excluding hydrogens is 354 g/mol. The average molecular weight is 372 g/mol. The van der Waals surface area contributed by atoms with Gasteiger partial charge in [0.2, 0.25) is 5.91 Å². The Hall–Kier alpha value is -2.86. The summed E-state index contributed by atoms with van der Waals surface area (Å²) in [5.74, 6) is -0.683. The lowest BCUT2D eigenvalue weighted by molar-refractivity contribution is -0.121. The molecule has 3 rings (SSSR count). The van der Waals surface area contributed by atoms with Crippen LogP contribution in [0.4, 0.5) is 11.4 Å². The number of imide groups is 1. The molecule has 3 amide bonds. The summed E-state index contributed by atoms with van der Waals surface area (Å²) in [4.78, 5) is 39.5. The lowest BCUT2D eigenvalue weighted by atomic mass is 10.1. The van der Waals surface area contributed by atoms with Crippen molar-refractivity contribution in [1.82, 2.24) is 4.90 Å². The van der Waals surface area contributed by atoms with Gasteiger partial charge in [-0.2, -0.15) is 0 Å². The normalized spacial score (nSPS) is 16.7. The zero-order valence-electron chi connectivity index (χ0n) is 14.4. The molecule has 0 bridgehead atoms. The van der Waals surface area contributed by atoms with E-state index in [1.807, 2.05) is 0 Å². The topological polar surface area (TPSA) is 69.7 Å². The van der Waals surface area contributed by atoms with Crippen LogP contribution >= 0.6 is 11.6 Å². The minimum Gasteiger partial charge on any atom is -0.373 e. The molecule has 0 spiro atoms. The fraction of sp³-hybridized carbons (Fsp3) is 0.211. The second-order valence-corrected chi connectivity index (χ2v) is 6.66. The zero-order valence-corrected chi connectivity index (χ0v) is 15.2. The van der Waals surface area contributed by atoms with Gasteiger partial charge in [0.05, 0.1) is 12.1 Å². The van der Waals surface area contributed by atoms with Gasteiger partial charge >= 0.3 is 0 Å². The second-order valence-electron chi connectivity index (χ2n) is 6.22. The summed E-state index contributed by atoms with van der Waals surface area (Å²) in [7, 11) is 3.37. The highest BCUT2D eigenvalue weighted by atomic mass is 35.5. The van der Waals surface area contributed by atoms with Crippen molar-refractivity contribution >= 4 is 40.7 Å². The van der Waals surface area contributed by atoms with Gasteiger partial charge in [0.25, 0.3) is 11.8 Å². The Bertz CT molecular complexity index is 847. The molecule has 2 aromatic rings. The van der Waals surface area contributed by atoms with Crippen LogP contribution in [-0.4, -0.2) is 42.8 Å². The number of anilines is 2. The van der Waals surface area contributed by atoms with Gasteiger partial charge in [0, 0.05) is 30.4 Å². The van der Waals surface area contributed by atoms with Crippen molar-refractivity contribution in [3.63, 3.8) is 0 Å². The molecule has 1 N–H and O–H groups in total. The van der Waals surface area contributed by atoms with E-state index in [1.54, 1.807) is 62.6 Å². The van der Waals surface area contributed by atoms with Crippen molar-refractivity contribution in [3.8, 4) is 0 Å². The molecule has 0 radical (unpaired) electrons. The number of nitrogens with zero attached hydrogens (tertiary/aromatic N) is 2. The summed E-state index contributed by atoms with van der Waals surface area (Å²) in [5, 5.41) is 3.60. The molecule has 26 heavy (non-hydrogen) atoms. The van der Waals surface area contributed by atoms with Gasteiger partial charge in [-0.25, -0.2) is 4.90 Å². The lowest BCUT2D eigenvalue weighted by Gasteiger charge is -2.16. The Balaban J connectivity index is 1.73. The van der Waals surface area contributed by atoms with E-state index in [-0.39, 0.29) is 24.1 Å². The third-order valence-corrected chi connectivity index (χ3v) is 4.36. The first kappa shape index (κ1) is 17.9. The van der Waals surface area contributed by atoms with Gasteiger partial charge in [-0.1, -0.05) is 11.6 Å². The first-order valence-corrected chi connectivity index (χ1v) is 8.45. The molecule has 0 unspecified atom stereocenters. The number of benzene rings is 2. The third-order valence-electron chi connectivity index (χ3n) is 4.11. The number of halogens is 1. The van der Waals surface area contributed by atoms with Crippen molar-refractivity contribution in [1.29, 1.82) is 0 Å². The first-order valence-electron chi connectivity index (χ1n) is 8.07. The van der Waals surface area contributed by atoms with Crippen molar-refractivity contribution in [2.75, 3.05) is 24.3 Å². The van der Waals surface area contributed by atoms with E-state index >= 15 is 0 Å². The standard InChI is InChI=1S/C19H18ClN3O3/c1-22(2)18(25)12-3-7-14(8-4-12)21-16-11-17(24)23(19(16)26)15-9-5-13(20)6-10-15/h3-10,16,21H,11H2,1-2H3/t16-/m1/s1. The lowest BCUT2D eigenvalue weighted by Crippen LogP contribution is -2.34. The number of hydrogen-bond acceptors (Lipinski definition) is 4. The van der Waals surface area contributed by atoms with E-state index in [4.69, 9.17) is 11.6 Å². The minimum atomic E-state index is -0.645. The minimum absolute atomic E-state index is 0.0693. The van der Waals surface area contributed by atoms with E-state index in [0.29, 0.717) is 22.0 Å². The van der Waals surface area contributed by atoms with Crippen molar-refractivity contribution < 1.29 is 14.4 Å². The fourth-order valence-corrected chi connectivity index (χ4v) is 2.90. The molecule has 1 fully saturated rings. The molecule has 0 aliphatic carbocycles. The Morgan fingerprint density at radius 1 is 1.08 bits per heavy atom. The highest BCUT2D eigenvalue weighted by Gasteiger charge is 2.39. The third kappa shape index (κ3) is 3.55. The van der Waals surface area contributed by atoms with E-state index in [9.17, 15) is 14.4 Å². The van der Waals surface area contributed by atoms with E-state index < -0.39 is 6.04 Å². The molecule has 0 saturated carbocycles. The molecule has 0 aromatic heterocycles. The van der Waals surface area contributed by atoms with Gasteiger partial charge in [-0.15, -0.1) is 0 Å². The molecule has 1 heterocycles. The zero-order chi connectivity index (χ0) is 18.8. The van der Waals surface area contributed by atoms with Crippen LogP contribution < -0.4 is 10.2 Å². The molecule has 2 aromatic carbocycles. The first-order chi connectivity index (χ1) is 12.4. The maximum absolute atomic E-state index is 12.6.